The number of sulfone groups is 1. The van der Waals surface area contributed by atoms with Gasteiger partial charge in [-0.2, -0.15) is 0 Å². The van der Waals surface area contributed by atoms with E-state index < -0.39 is 21.6 Å². The number of nitrogens with zero attached hydrogens (tertiary/aromatic N) is 1. The Morgan fingerprint density at radius 1 is 1.24 bits per heavy atom. The number of hydrogen-bond acceptors (Lipinski definition) is 6. The van der Waals surface area contributed by atoms with Crippen LogP contribution in [0.5, 0.6) is 0 Å². The van der Waals surface area contributed by atoms with Gasteiger partial charge in [0, 0.05) is 5.56 Å². The molecule has 1 aliphatic carbocycles. The Labute approximate surface area is 171 Å². The topological polar surface area (TPSA) is 107 Å². The summed E-state index contributed by atoms with van der Waals surface area (Å²) in [5.41, 5.74) is 2.81. The Hall–Kier alpha value is -2.19. The highest BCUT2D eigenvalue weighted by atomic mass is 32.2. The third kappa shape index (κ3) is 6.14. The lowest BCUT2D eigenvalue weighted by Gasteiger charge is -2.28. The predicted molar refractivity (Wildman–Crippen MR) is 108 cm³/mol. The summed E-state index contributed by atoms with van der Waals surface area (Å²) in [6.45, 7) is 4.18. The van der Waals surface area contributed by atoms with E-state index in [1.165, 1.54) is 0 Å². The Bertz CT molecular complexity index is 948. The largest absolute Gasteiger partial charge is 0.480 e. The van der Waals surface area contributed by atoms with Crippen LogP contribution >= 0.6 is 0 Å². The lowest BCUT2D eigenvalue weighted by Crippen LogP contribution is -2.29. The first-order valence-corrected chi connectivity index (χ1v) is 11.6. The summed E-state index contributed by atoms with van der Waals surface area (Å²) in [5.74, 6) is -1.02. The van der Waals surface area contributed by atoms with Crippen LogP contribution in [0.2, 0.25) is 0 Å². The molecule has 1 fully saturated rings. The fourth-order valence-corrected chi connectivity index (χ4v) is 5.24. The second kappa shape index (κ2) is 9.09. The van der Waals surface area contributed by atoms with Crippen molar-refractivity contribution in [3.05, 3.63) is 41.3 Å². The van der Waals surface area contributed by atoms with Crippen molar-refractivity contribution in [3.63, 3.8) is 0 Å². The number of aromatic nitrogens is 1. The highest BCUT2D eigenvalue weighted by molar-refractivity contribution is 7.92. The summed E-state index contributed by atoms with van der Waals surface area (Å²) in [5, 5.41) is 8.74. The Kier molecular flexibility index (Phi) is 6.74. The van der Waals surface area contributed by atoms with Crippen LogP contribution in [0.25, 0.3) is 11.5 Å². The molecule has 2 aromatic rings. The van der Waals surface area contributed by atoms with Gasteiger partial charge in [0.1, 0.15) is 17.2 Å². The molecule has 0 saturated heterocycles. The van der Waals surface area contributed by atoms with Crippen molar-refractivity contribution in [1.82, 2.24) is 4.98 Å². The monoisotopic (exact) mass is 421 g/mol. The number of carboxylic acid groups (broad SMARTS) is 1. The Morgan fingerprint density at radius 3 is 2.66 bits per heavy atom. The standard InChI is InChI=1S/C21H27NO6S/c1-14-6-8-17(9-7-14)21-22-19(15(2)28-21)11-27-18-5-3-4-16(10-18)12-29(25,26)13-20(23)24/h6-9,16,18H,3-5,10-13H2,1-2H3,(H,23,24). The van der Waals surface area contributed by atoms with Crippen LogP contribution in [-0.2, 0) is 26.0 Å². The van der Waals surface area contributed by atoms with Crippen molar-refractivity contribution in [1.29, 1.82) is 0 Å². The first kappa shape index (κ1) is 21.5. The van der Waals surface area contributed by atoms with Gasteiger partial charge in [-0.3, -0.25) is 4.79 Å². The summed E-state index contributed by atoms with van der Waals surface area (Å²) in [6.07, 6.45) is 3.05. The number of ether oxygens (including phenoxy) is 1. The van der Waals surface area contributed by atoms with Gasteiger partial charge in [-0.1, -0.05) is 24.1 Å². The minimum absolute atomic E-state index is 0.0623. The third-order valence-corrected chi connectivity index (χ3v) is 6.88. The number of aliphatic carboxylic acids is 1. The van der Waals surface area contributed by atoms with Gasteiger partial charge in [0.15, 0.2) is 9.84 Å². The van der Waals surface area contributed by atoms with Gasteiger partial charge in [0.05, 0.1) is 18.5 Å². The van der Waals surface area contributed by atoms with Crippen molar-refractivity contribution < 1.29 is 27.5 Å². The zero-order valence-corrected chi connectivity index (χ0v) is 17.6. The molecule has 1 aromatic heterocycles. The first-order chi connectivity index (χ1) is 13.7. The molecule has 2 unspecified atom stereocenters. The number of aryl methyl sites for hydroxylation is 2. The van der Waals surface area contributed by atoms with E-state index >= 15 is 0 Å². The molecular weight excluding hydrogens is 394 g/mol. The number of rotatable bonds is 8. The molecule has 29 heavy (non-hydrogen) atoms. The normalized spacial score (nSPS) is 19.9. The van der Waals surface area contributed by atoms with E-state index in [4.69, 9.17) is 14.3 Å². The summed E-state index contributed by atoms with van der Waals surface area (Å²) < 4.78 is 35.7. The fourth-order valence-electron chi connectivity index (χ4n) is 3.73. The van der Waals surface area contributed by atoms with Gasteiger partial charge in [-0.05, 0) is 51.2 Å². The molecule has 0 aliphatic heterocycles. The quantitative estimate of drug-likeness (QED) is 0.695. The van der Waals surface area contributed by atoms with Gasteiger partial charge in [0.2, 0.25) is 5.89 Å². The Morgan fingerprint density at radius 2 is 1.97 bits per heavy atom. The van der Waals surface area contributed by atoms with Crippen molar-refractivity contribution in [2.75, 3.05) is 11.5 Å². The fraction of sp³-hybridized carbons (Fsp3) is 0.524. The number of carbonyl (C=O) groups is 1. The molecular formula is C21H27NO6S. The lowest BCUT2D eigenvalue weighted by atomic mass is 9.88. The third-order valence-electron chi connectivity index (χ3n) is 5.21. The van der Waals surface area contributed by atoms with E-state index in [0.29, 0.717) is 24.7 Å². The van der Waals surface area contributed by atoms with Crippen molar-refractivity contribution in [2.24, 2.45) is 5.92 Å². The number of oxazole rings is 1. The van der Waals surface area contributed by atoms with Crippen LogP contribution in [0, 0.1) is 19.8 Å². The summed E-state index contributed by atoms with van der Waals surface area (Å²) in [4.78, 5) is 15.3. The van der Waals surface area contributed by atoms with Crippen LogP contribution in [-0.4, -0.2) is 42.1 Å². The minimum atomic E-state index is -3.59. The van der Waals surface area contributed by atoms with Crippen molar-refractivity contribution >= 4 is 15.8 Å². The second-order valence-corrected chi connectivity index (χ2v) is 9.91. The van der Waals surface area contributed by atoms with E-state index in [1.807, 2.05) is 38.1 Å². The maximum atomic E-state index is 12.0. The van der Waals surface area contributed by atoms with Crippen LogP contribution in [0.1, 0.15) is 42.7 Å². The SMILES string of the molecule is Cc1ccc(-c2nc(COC3CCCC(CS(=O)(=O)CC(=O)O)C3)c(C)o2)cc1. The van der Waals surface area contributed by atoms with Crippen molar-refractivity contribution in [3.8, 4) is 11.5 Å². The van der Waals surface area contributed by atoms with Gasteiger partial charge in [-0.15, -0.1) is 0 Å². The van der Waals surface area contributed by atoms with Crippen molar-refractivity contribution in [2.45, 2.75) is 52.2 Å². The summed E-state index contributed by atoms with van der Waals surface area (Å²) >= 11 is 0. The molecule has 158 valence electrons. The van der Waals surface area contributed by atoms with E-state index in [9.17, 15) is 13.2 Å². The van der Waals surface area contributed by atoms with E-state index in [0.717, 1.165) is 36.1 Å². The molecule has 0 amide bonds. The first-order valence-electron chi connectivity index (χ1n) is 9.79. The average Bonchev–Trinajstić information content (AvgIpc) is 3.00. The van der Waals surface area contributed by atoms with Gasteiger partial charge in [0.25, 0.3) is 0 Å². The van der Waals surface area contributed by atoms with E-state index in [-0.39, 0.29) is 17.8 Å². The highest BCUT2D eigenvalue weighted by Gasteiger charge is 2.28. The molecule has 1 aromatic carbocycles. The summed E-state index contributed by atoms with van der Waals surface area (Å²) in [6, 6.07) is 7.94. The Balaban J connectivity index is 1.57. The summed E-state index contributed by atoms with van der Waals surface area (Å²) in [7, 11) is -3.59. The molecule has 1 aliphatic rings. The minimum Gasteiger partial charge on any atom is -0.480 e. The average molecular weight is 422 g/mol. The lowest BCUT2D eigenvalue weighted by molar-refractivity contribution is -0.134. The second-order valence-electron chi connectivity index (χ2n) is 7.80. The van der Waals surface area contributed by atoms with Crippen LogP contribution < -0.4 is 0 Å². The van der Waals surface area contributed by atoms with E-state index in [1.54, 1.807) is 0 Å². The smallest absolute Gasteiger partial charge is 0.318 e. The number of carboxylic acids is 1. The molecule has 3 rings (SSSR count). The molecule has 0 bridgehead atoms. The van der Waals surface area contributed by atoms with Crippen LogP contribution in [0.15, 0.2) is 28.7 Å². The molecule has 1 heterocycles. The zero-order valence-electron chi connectivity index (χ0n) is 16.8. The van der Waals surface area contributed by atoms with E-state index in [2.05, 4.69) is 4.98 Å². The number of hydrogen-bond donors (Lipinski definition) is 1. The van der Waals surface area contributed by atoms with Crippen LogP contribution in [0.3, 0.4) is 0 Å². The maximum absolute atomic E-state index is 12.0. The molecule has 2 atom stereocenters. The van der Waals surface area contributed by atoms with Gasteiger partial charge < -0.3 is 14.3 Å². The predicted octanol–water partition coefficient (Wildman–Crippen LogP) is 3.53. The molecule has 7 nitrogen and oxygen atoms in total. The van der Waals surface area contributed by atoms with Crippen LogP contribution in [0.4, 0.5) is 0 Å². The molecule has 1 N–H and O–H groups in total. The molecule has 0 radical (unpaired) electrons. The highest BCUT2D eigenvalue weighted by Crippen LogP contribution is 2.29. The number of benzene rings is 1. The molecule has 1 saturated carbocycles. The van der Waals surface area contributed by atoms with Gasteiger partial charge in [-0.25, -0.2) is 13.4 Å². The van der Waals surface area contributed by atoms with Gasteiger partial charge >= 0.3 is 5.97 Å². The maximum Gasteiger partial charge on any atom is 0.318 e. The molecule has 0 spiro atoms. The molecule has 8 heteroatoms. The zero-order chi connectivity index (χ0) is 21.0.